The number of benzene rings is 1. The van der Waals surface area contributed by atoms with Crippen molar-refractivity contribution in [2.45, 2.75) is 38.7 Å². The highest BCUT2D eigenvalue weighted by Gasteiger charge is 2.23. The fourth-order valence-corrected chi connectivity index (χ4v) is 2.35. The molecule has 0 spiro atoms. The van der Waals surface area contributed by atoms with E-state index in [0.717, 1.165) is 24.8 Å². The van der Waals surface area contributed by atoms with E-state index >= 15 is 0 Å². The van der Waals surface area contributed by atoms with Gasteiger partial charge in [-0.1, -0.05) is 12.1 Å². The van der Waals surface area contributed by atoms with Crippen molar-refractivity contribution in [2.24, 2.45) is 0 Å². The van der Waals surface area contributed by atoms with Crippen LogP contribution in [0, 0.1) is 0 Å². The summed E-state index contributed by atoms with van der Waals surface area (Å²) in [6, 6.07) is 5.77. The van der Waals surface area contributed by atoms with E-state index in [4.69, 9.17) is 9.47 Å². The Balaban J connectivity index is 2.18. The van der Waals surface area contributed by atoms with Gasteiger partial charge in [-0.15, -0.1) is 0 Å². The predicted octanol–water partition coefficient (Wildman–Crippen LogP) is 2.07. The SMILES string of the molecule is CCOC(=O)C(C=O)Oc1cccc2c1CCCC2. The third kappa shape index (κ3) is 3.13. The van der Waals surface area contributed by atoms with E-state index in [0.29, 0.717) is 12.0 Å². The lowest BCUT2D eigenvalue weighted by atomic mass is 9.91. The third-order valence-electron chi connectivity index (χ3n) is 3.25. The van der Waals surface area contributed by atoms with Gasteiger partial charge >= 0.3 is 5.97 Å². The minimum Gasteiger partial charge on any atom is -0.471 e. The van der Waals surface area contributed by atoms with E-state index < -0.39 is 12.1 Å². The van der Waals surface area contributed by atoms with E-state index in [1.165, 1.54) is 12.0 Å². The quantitative estimate of drug-likeness (QED) is 0.463. The van der Waals surface area contributed by atoms with Gasteiger partial charge < -0.3 is 9.47 Å². The highest BCUT2D eigenvalue weighted by Crippen LogP contribution is 2.30. The Kier molecular flexibility index (Phi) is 4.55. The van der Waals surface area contributed by atoms with E-state index in [9.17, 15) is 9.59 Å². The van der Waals surface area contributed by atoms with Crippen LogP contribution >= 0.6 is 0 Å². The second-order valence-electron chi connectivity index (χ2n) is 4.53. The minimum atomic E-state index is -1.17. The summed E-state index contributed by atoms with van der Waals surface area (Å²) in [6.07, 6.45) is 3.55. The summed E-state index contributed by atoms with van der Waals surface area (Å²) in [7, 11) is 0. The summed E-state index contributed by atoms with van der Waals surface area (Å²) < 4.78 is 10.3. The van der Waals surface area contributed by atoms with Gasteiger partial charge in [0.25, 0.3) is 0 Å². The number of ether oxygens (including phenoxy) is 2. The van der Waals surface area contributed by atoms with Crippen LogP contribution in [0.1, 0.15) is 30.9 Å². The molecule has 0 saturated heterocycles. The molecular formula is C15H18O4. The maximum absolute atomic E-state index is 11.6. The van der Waals surface area contributed by atoms with Crippen LogP contribution in [0.15, 0.2) is 18.2 Å². The molecule has 1 unspecified atom stereocenters. The lowest BCUT2D eigenvalue weighted by Crippen LogP contribution is -2.31. The largest absolute Gasteiger partial charge is 0.471 e. The fourth-order valence-electron chi connectivity index (χ4n) is 2.35. The van der Waals surface area contributed by atoms with E-state index in [-0.39, 0.29) is 6.61 Å². The van der Waals surface area contributed by atoms with Gasteiger partial charge in [-0.25, -0.2) is 4.79 Å². The average molecular weight is 262 g/mol. The van der Waals surface area contributed by atoms with Crippen molar-refractivity contribution in [1.82, 2.24) is 0 Å². The molecule has 0 fully saturated rings. The number of rotatable bonds is 5. The average Bonchev–Trinajstić information content (AvgIpc) is 2.45. The maximum Gasteiger partial charge on any atom is 0.354 e. The van der Waals surface area contributed by atoms with Crippen LogP contribution in [0.25, 0.3) is 0 Å². The molecule has 1 aliphatic rings. The summed E-state index contributed by atoms with van der Waals surface area (Å²) in [4.78, 5) is 22.5. The molecule has 19 heavy (non-hydrogen) atoms. The molecule has 1 aromatic rings. The standard InChI is InChI=1S/C15H18O4/c1-2-18-15(17)14(10-16)19-13-9-5-7-11-6-3-4-8-12(11)13/h5,7,9-10,14H,2-4,6,8H2,1H3. The highest BCUT2D eigenvalue weighted by atomic mass is 16.6. The van der Waals surface area contributed by atoms with Crippen molar-refractivity contribution < 1.29 is 19.1 Å². The molecule has 0 radical (unpaired) electrons. The van der Waals surface area contributed by atoms with Gasteiger partial charge in [0.1, 0.15) is 5.75 Å². The minimum absolute atomic E-state index is 0.236. The molecule has 1 atom stereocenters. The predicted molar refractivity (Wildman–Crippen MR) is 70.2 cm³/mol. The number of hydrogen-bond acceptors (Lipinski definition) is 4. The monoisotopic (exact) mass is 262 g/mol. The Morgan fingerprint density at radius 2 is 2.16 bits per heavy atom. The first-order chi connectivity index (χ1) is 9.26. The number of hydrogen-bond donors (Lipinski definition) is 0. The summed E-state index contributed by atoms with van der Waals surface area (Å²) in [6.45, 7) is 1.93. The zero-order valence-corrected chi connectivity index (χ0v) is 11.1. The second kappa shape index (κ2) is 6.36. The Morgan fingerprint density at radius 1 is 1.37 bits per heavy atom. The van der Waals surface area contributed by atoms with Crippen molar-refractivity contribution in [3.8, 4) is 5.75 Å². The van der Waals surface area contributed by atoms with Crippen LogP contribution in [-0.4, -0.2) is 25.0 Å². The van der Waals surface area contributed by atoms with E-state index in [2.05, 4.69) is 6.07 Å². The number of carbonyl (C=O) groups is 2. The number of fused-ring (bicyclic) bond motifs is 1. The first kappa shape index (κ1) is 13.6. The number of aryl methyl sites for hydroxylation is 1. The molecule has 0 heterocycles. The summed E-state index contributed by atoms with van der Waals surface area (Å²) in [5, 5.41) is 0. The van der Waals surface area contributed by atoms with Crippen molar-refractivity contribution in [2.75, 3.05) is 6.61 Å². The summed E-state index contributed by atoms with van der Waals surface area (Å²) in [5.74, 6) is -0.00624. The Hall–Kier alpha value is -1.84. The Labute approximate surface area is 112 Å². The van der Waals surface area contributed by atoms with Crippen LogP contribution < -0.4 is 4.74 Å². The molecule has 4 heteroatoms. The lowest BCUT2D eigenvalue weighted by molar-refractivity contribution is -0.152. The van der Waals surface area contributed by atoms with Crippen molar-refractivity contribution in [3.63, 3.8) is 0 Å². The molecule has 0 amide bonds. The smallest absolute Gasteiger partial charge is 0.354 e. The molecule has 0 bridgehead atoms. The Morgan fingerprint density at radius 3 is 2.89 bits per heavy atom. The van der Waals surface area contributed by atoms with Crippen LogP contribution in [0.4, 0.5) is 0 Å². The van der Waals surface area contributed by atoms with Crippen LogP contribution in [0.2, 0.25) is 0 Å². The molecule has 0 aliphatic heterocycles. The number of carbonyl (C=O) groups excluding carboxylic acids is 2. The third-order valence-corrected chi connectivity index (χ3v) is 3.25. The fraction of sp³-hybridized carbons (Fsp3) is 0.467. The van der Waals surface area contributed by atoms with Gasteiger partial charge in [-0.05, 0) is 49.8 Å². The van der Waals surface area contributed by atoms with Crippen LogP contribution in [0.5, 0.6) is 5.75 Å². The molecule has 1 aliphatic carbocycles. The summed E-state index contributed by atoms with van der Waals surface area (Å²) in [5.41, 5.74) is 2.36. The van der Waals surface area contributed by atoms with Gasteiger partial charge in [0, 0.05) is 0 Å². The van der Waals surface area contributed by atoms with Gasteiger partial charge in [-0.3, -0.25) is 4.79 Å². The topological polar surface area (TPSA) is 52.6 Å². The van der Waals surface area contributed by atoms with Crippen LogP contribution in [-0.2, 0) is 27.2 Å². The van der Waals surface area contributed by atoms with Gasteiger partial charge in [0.05, 0.1) is 6.61 Å². The van der Waals surface area contributed by atoms with E-state index in [1.807, 2.05) is 6.07 Å². The Bertz CT molecular complexity index is 467. The zero-order chi connectivity index (χ0) is 13.7. The molecule has 0 saturated carbocycles. The molecule has 102 valence electrons. The first-order valence-electron chi connectivity index (χ1n) is 6.65. The van der Waals surface area contributed by atoms with Crippen molar-refractivity contribution in [1.29, 1.82) is 0 Å². The van der Waals surface area contributed by atoms with E-state index in [1.54, 1.807) is 13.0 Å². The van der Waals surface area contributed by atoms with Gasteiger partial charge in [0.2, 0.25) is 6.10 Å². The maximum atomic E-state index is 11.6. The summed E-state index contributed by atoms with van der Waals surface area (Å²) >= 11 is 0. The van der Waals surface area contributed by atoms with Crippen molar-refractivity contribution >= 4 is 12.3 Å². The molecule has 1 aromatic carbocycles. The molecule has 0 aromatic heterocycles. The van der Waals surface area contributed by atoms with Crippen LogP contribution in [0.3, 0.4) is 0 Å². The number of esters is 1. The highest BCUT2D eigenvalue weighted by molar-refractivity contribution is 5.91. The first-order valence-corrected chi connectivity index (χ1v) is 6.65. The normalized spacial score (nSPS) is 15.2. The molecule has 4 nitrogen and oxygen atoms in total. The lowest BCUT2D eigenvalue weighted by Gasteiger charge is -2.21. The molecule has 0 N–H and O–H groups in total. The van der Waals surface area contributed by atoms with Gasteiger partial charge in [0.15, 0.2) is 6.29 Å². The zero-order valence-electron chi connectivity index (χ0n) is 11.1. The second-order valence-corrected chi connectivity index (χ2v) is 4.53. The molecular weight excluding hydrogens is 244 g/mol. The van der Waals surface area contributed by atoms with Crippen molar-refractivity contribution in [3.05, 3.63) is 29.3 Å². The number of aldehydes is 1. The molecule has 2 rings (SSSR count). The van der Waals surface area contributed by atoms with Gasteiger partial charge in [-0.2, -0.15) is 0 Å².